The molecule has 0 bridgehead atoms. The monoisotopic (exact) mass is 287 g/mol. The van der Waals surface area contributed by atoms with Gasteiger partial charge in [-0.05, 0) is 18.2 Å². The number of hydrogen-bond acceptors (Lipinski definition) is 2. The third-order valence-corrected chi connectivity index (χ3v) is 2.70. The van der Waals surface area contributed by atoms with Crippen LogP contribution >= 0.6 is 11.6 Å². The molecular weight excluding hydrogens is 279 g/mol. The fourth-order valence-corrected chi connectivity index (χ4v) is 1.83. The Balaban J connectivity index is 2.24. The van der Waals surface area contributed by atoms with Gasteiger partial charge in [-0.15, -0.1) is 0 Å². The Bertz CT molecular complexity index is 558. The summed E-state index contributed by atoms with van der Waals surface area (Å²) in [7, 11) is 0. The average Bonchev–Trinajstić information content (AvgIpc) is 2.36. The Labute approximate surface area is 112 Å². The highest BCUT2D eigenvalue weighted by atomic mass is 35.5. The van der Waals surface area contributed by atoms with Gasteiger partial charge in [0.15, 0.2) is 0 Å². The molecule has 0 spiro atoms. The Morgan fingerprint density at radius 1 is 1.11 bits per heavy atom. The molecular formula is C13H9ClF3NO. The van der Waals surface area contributed by atoms with E-state index in [4.69, 9.17) is 16.3 Å². The number of halogens is 4. The number of pyridine rings is 1. The smallest absolute Gasteiger partial charge is 0.419 e. The summed E-state index contributed by atoms with van der Waals surface area (Å²) >= 11 is 5.58. The molecule has 0 atom stereocenters. The number of ether oxygens (including phenoxy) is 1. The number of aromatic nitrogens is 1. The minimum Gasteiger partial charge on any atom is -0.487 e. The fraction of sp³-hybridized carbons (Fsp3) is 0.154. The van der Waals surface area contributed by atoms with Crippen LogP contribution in [-0.4, -0.2) is 4.98 Å². The molecule has 0 radical (unpaired) electrons. The highest BCUT2D eigenvalue weighted by Gasteiger charge is 2.36. The summed E-state index contributed by atoms with van der Waals surface area (Å²) in [5.74, 6) is 0.470. The van der Waals surface area contributed by atoms with Gasteiger partial charge in [0.25, 0.3) is 0 Å². The zero-order valence-electron chi connectivity index (χ0n) is 9.62. The molecule has 0 amide bonds. The first-order valence-corrected chi connectivity index (χ1v) is 5.74. The maximum absolute atomic E-state index is 12.9. The number of hydrogen-bond donors (Lipinski definition) is 0. The van der Waals surface area contributed by atoms with E-state index in [1.807, 2.05) is 0 Å². The number of rotatable bonds is 3. The van der Waals surface area contributed by atoms with Crippen molar-refractivity contribution in [1.82, 2.24) is 4.98 Å². The highest BCUT2D eigenvalue weighted by molar-refractivity contribution is 6.31. The summed E-state index contributed by atoms with van der Waals surface area (Å²) in [6.45, 7) is -0.292. The van der Waals surface area contributed by atoms with Crippen LogP contribution in [0.1, 0.15) is 11.3 Å². The van der Waals surface area contributed by atoms with Gasteiger partial charge < -0.3 is 4.74 Å². The average molecular weight is 288 g/mol. The third kappa shape index (κ3) is 3.38. The molecule has 0 aliphatic carbocycles. The van der Waals surface area contributed by atoms with E-state index in [1.54, 1.807) is 30.3 Å². The van der Waals surface area contributed by atoms with E-state index < -0.39 is 11.7 Å². The van der Waals surface area contributed by atoms with Gasteiger partial charge in [0.2, 0.25) is 0 Å². The molecule has 1 aromatic carbocycles. The fourth-order valence-electron chi connectivity index (χ4n) is 1.56. The maximum Gasteiger partial charge on any atom is 0.419 e. The van der Waals surface area contributed by atoms with Crippen LogP contribution in [-0.2, 0) is 12.8 Å². The van der Waals surface area contributed by atoms with Crippen LogP contribution in [0.15, 0.2) is 42.6 Å². The van der Waals surface area contributed by atoms with Crippen molar-refractivity contribution in [2.75, 3.05) is 0 Å². The molecule has 0 saturated carbocycles. The first-order chi connectivity index (χ1) is 8.98. The molecule has 19 heavy (non-hydrogen) atoms. The first kappa shape index (κ1) is 13.7. The van der Waals surface area contributed by atoms with Crippen LogP contribution in [0.25, 0.3) is 0 Å². The molecule has 0 unspecified atom stereocenters. The van der Waals surface area contributed by atoms with Gasteiger partial charge in [-0.2, -0.15) is 13.2 Å². The van der Waals surface area contributed by atoms with E-state index in [0.717, 1.165) is 6.07 Å². The third-order valence-electron chi connectivity index (χ3n) is 2.38. The molecule has 6 heteroatoms. The van der Waals surface area contributed by atoms with Crippen molar-refractivity contribution >= 4 is 11.6 Å². The highest BCUT2D eigenvalue weighted by Crippen LogP contribution is 2.36. The molecule has 2 aromatic rings. The Morgan fingerprint density at radius 3 is 2.42 bits per heavy atom. The lowest BCUT2D eigenvalue weighted by Crippen LogP contribution is -2.13. The largest absolute Gasteiger partial charge is 0.487 e. The predicted octanol–water partition coefficient (Wildman–Crippen LogP) is 4.33. The van der Waals surface area contributed by atoms with Crippen molar-refractivity contribution in [3.8, 4) is 5.75 Å². The summed E-state index contributed by atoms with van der Waals surface area (Å²) in [6.07, 6.45) is -3.33. The standard InChI is InChI=1S/C13H9ClF3NO/c14-10-6-7-18-11(12(10)13(15,16)17)8-19-9-4-2-1-3-5-9/h1-7H,8H2. The molecule has 0 saturated heterocycles. The van der Waals surface area contributed by atoms with Gasteiger partial charge in [-0.1, -0.05) is 29.8 Å². The van der Waals surface area contributed by atoms with E-state index in [2.05, 4.69) is 4.98 Å². The lowest BCUT2D eigenvalue weighted by molar-refractivity contribution is -0.138. The SMILES string of the molecule is FC(F)(F)c1c(Cl)ccnc1COc1ccccc1. The van der Waals surface area contributed by atoms with Crippen molar-refractivity contribution in [3.05, 3.63) is 58.9 Å². The molecule has 1 aromatic heterocycles. The molecule has 100 valence electrons. The minimum absolute atomic E-state index is 0.233. The van der Waals surface area contributed by atoms with Gasteiger partial charge in [0, 0.05) is 6.20 Å². The summed E-state index contributed by atoms with van der Waals surface area (Å²) in [5, 5.41) is -0.380. The van der Waals surface area contributed by atoms with Gasteiger partial charge in [-0.3, -0.25) is 4.98 Å². The van der Waals surface area contributed by atoms with Gasteiger partial charge >= 0.3 is 6.18 Å². The van der Waals surface area contributed by atoms with Gasteiger partial charge in [-0.25, -0.2) is 0 Å². The van der Waals surface area contributed by atoms with Crippen LogP contribution < -0.4 is 4.74 Å². The summed E-state index contributed by atoms with van der Waals surface area (Å²) in [4.78, 5) is 3.69. The Morgan fingerprint density at radius 2 is 1.79 bits per heavy atom. The summed E-state index contributed by atoms with van der Waals surface area (Å²) in [5.41, 5.74) is -1.18. The molecule has 1 heterocycles. The number of nitrogens with zero attached hydrogens (tertiary/aromatic N) is 1. The van der Waals surface area contributed by atoms with Crippen LogP contribution in [0.3, 0.4) is 0 Å². The molecule has 2 rings (SSSR count). The molecule has 0 aliphatic heterocycles. The summed E-state index contributed by atoms with van der Waals surface area (Å²) < 4.78 is 43.8. The minimum atomic E-state index is -4.55. The normalized spacial score (nSPS) is 11.4. The zero-order chi connectivity index (χ0) is 13.9. The molecule has 2 nitrogen and oxygen atoms in total. The Kier molecular flexibility index (Phi) is 3.95. The van der Waals surface area contributed by atoms with Crippen molar-refractivity contribution < 1.29 is 17.9 Å². The van der Waals surface area contributed by atoms with Crippen molar-refractivity contribution in [2.45, 2.75) is 12.8 Å². The topological polar surface area (TPSA) is 22.1 Å². The second-order valence-electron chi connectivity index (χ2n) is 3.71. The van der Waals surface area contributed by atoms with Crippen molar-refractivity contribution in [3.63, 3.8) is 0 Å². The van der Waals surface area contributed by atoms with Crippen molar-refractivity contribution in [1.29, 1.82) is 0 Å². The van der Waals surface area contributed by atoms with E-state index in [9.17, 15) is 13.2 Å². The first-order valence-electron chi connectivity index (χ1n) is 5.37. The quantitative estimate of drug-likeness (QED) is 0.838. The molecule has 0 fully saturated rings. The Hall–Kier alpha value is -1.75. The van der Waals surface area contributed by atoms with Crippen LogP contribution in [0.5, 0.6) is 5.75 Å². The lowest BCUT2D eigenvalue weighted by atomic mass is 10.2. The number of benzene rings is 1. The zero-order valence-corrected chi connectivity index (χ0v) is 10.4. The number of alkyl halides is 3. The molecule has 0 N–H and O–H groups in total. The van der Waals surface area contributed by atoms with E-state index in [1.165, 1.54) is 6.20 Å². The van der Waals surface area contributed by atoms with Gasteiger partial charge in [0.1, 0.15) is 12.4 Å². The molecule has 0 aliphatic rings. The van der Waals surface area contributed by atoms with Crippen LogP contribution in [0, 0.1) is 0 Å². The van der Waals surface area contributed by atoms with Crippen molar-refractivity contribution in [2.24, 2.45) is 0 Å². The summed E-state index contributed by atoms with van der Waals surface area (Å²) in [6, 6.07) is 9.65. The van der Waals surface area contributed by atoms with E-state index >= 15 is 0 Å². The van der Waals surface area contributed by atoms with E-state index in [-0.39, 0.29) is 17.3 Å². The number of para-hydroxylation sites is 1. The van der Waals surface area contributed by atoms with Gasteiger partial charge in [0.05, 0.1) is 16.3 Å². The van der Waals surface area contributed by atoms with Crippen LogP contribution in [0.4, 0.5) is 13.2 Å². The predicted molar refractivity (Wildman–Crippen MR) is 65.0 cm³/mol. The second-order valence-corrected chi connectivity index (χ2v) is 4.12. The van der Waals surface area contributed by atoms with E-state index in [0.29, 0.717) is 5.75 Å². The maximum atomic E-state index is 12.9. The van der Waals surface area contributed by atoms with Crippen LogP contribution in [0.2, 0.25) is 5.02 Å². The second kappa shape index (κ2) is 5.48. The lowest BCUT2D eigenvalue weighted by Gasteiger charge is -2.14.